The van der Waals surface area contributed by atoms with Crippen molar-refractivity contribution in [2.75, 3.05) is 33.4 Å². The van der Waals surface area contributed by atoms with Crippen molar-refractivity contribution >= 4 is 0 Å². The number of hydrogen-bond acceptors (Lipinski definition) is 3. The second kappa shape index (κ2) is 7.25. The highest BCUT2D eigenvalue weighted by Gasteiger charge is 2.30. The molecule has 1 N–H and O–H groups in total. The van der Waals surface area contributed by atoms with Crippen LogP contribution < -0.4 is 0 Å². The monoisotopic (exact) mass is 229 g/mol. The van der Waals surface area contributed by atoms with E-state index in [0.29, 0.717) is 6.61 Å². The van der Waals surface area contributed by atoms with Crippen LogP contribution in [0.3, 0.4) is 0 Å². The number of aliphatic hydroxyl groups is 1. The summed E-state index contributed by atoms with van der Waals surface area (Å²) in [6.45, 7) is 6.03. The fraction of sp³-hybridized carbons (Fsp3) is 1.00. The average molecular weight is 229 g/mol. The molecule has 3 heteroatoms. The molecule has 0 saturated carbocycles. The Morgan fingerprint density at radius 1 is 1.25 bits per heavy atom. The Bertz CT molecular complexity index is 187. The summed E-state index contributed by atoms with van der Waals surface area (Å²) < 4.78 is 5.58. The molecule has 3 nitrogen and oxygen atoms in total. The summed E-state index contributed by atoms with van der Waals surface area (Å²) in [5.74, 6) is 0. The highest BCUT2D eigenvalue weighted by atomic mass is 16.5. The summed E-state index contributed by atoms with van der Waals surface area (Å²) in [6.07, 6.45) is 7.04. The number of nitrogens with zero attached hydrogens (tertiary/aromatic N) is 1. The van der Waals surface area contributed by atoms with Gasteiger partial charge in [0, 0.05) is 20.3 Å². The highest BCUT2D eigenvalue weighted by Crippen LogP contribution is 2.23. The van der Waals surface area contributed by atoms with E-state index in [-0.39, 0.29) is 5.60 Å². The van der Waals surface area contributed by atoms with Crippen LogP contribution in [-0.2, 0) is 4.74 Å². The molecule has 0 spiro atoms. The summed E-state index contributed by atoms with van der Waals surface area (Å²) >= 11 is 0. The maximum Gasteiger partial charge on any atom is 0.0777 e. The van der Waals surface area contributed by atoms with Gasteiger partial charge in [-0.2, -0.15) is 0 Å². The molecule has 1 aliphatic heterocycles. The van der Waals surface area contributed by atoms with Gasteiger partial charge in [-0.25, -0.2) is 0 Å². The zero-order valence-electron chi connectivity index (χ0n) is 10.9. The van der Waals surface area contributed by atoms with Crippen LogP contribution in [0.2, 0.25) is 0 Å². The van der Waals surface area contributed by atoms with Crippen molar-refractivity contribution in [2.45, 2.75) is 51.0 Å². The zero-order valence-corrected chi connectivity index (χ0v) is 10.9. The predicted octanol–water partition coefficient (Wildman–Crippen LogP) is 2.04. The summed E-state index contributed by atoms with van der Waals surface area (Å²) in [5, 5.41) is 8.69. The van der Waals surface area contributed by atoms with Gasteiger partial charge in [-0.1, -0.05) is 12.8 Å². The number of likely N-dealkylation sites (tertiary alicyclic amines) is 1. The third-order valence-electron chi connectivity index (χ3n) is 3.61. The molecular formula is C13H27NO2. The molecule has 1 aliphatic rings. The molecule has 1 unspecified atom stereocenters. The lowest BCUT2D eigenvalue weighted by Crippen LogP contribution is -2.47. The van der Waals surface area contributed by atoms with Gasteiger partial charge in [0.15, 0.2) is 0 Å². The third-order valence-corrected chi connectivity index (χ3v) is 3.61. The number of unbranched alkanes of at least 4 members (excludes halogenated alkanes) is 3. The van der Waals surface area contributed by atoms with E-state index in [1.54, 1.807) is 0 Å². The molecule has 0 aliphatic carbocycles. The molecule has 1 saturated heterocycles. The first kappa shape index (κ1) is 13.9. The first-order valence-corrected chi connectivity index (χ1v) is 6.58. The Labute approximate surface area is 99.8 Å². The van der Waals surface area contributed by atoms with Crippen LogP contribution in [0.4, 0.5) is 0 Å². The minimum Gasteiger partial charge on any atom is -0.396 e. The quantitative estimate of drug-likeness (QED) is 0.678. The molecule has 16 heavy (non-hydrogen) atoms. The van der Waals surface area contributed by atoms with E-state index in [1.807, 2.05) is 7.11 Å². The molecule has 0 aromatic heterocycles. The number of methoxy groups -OCH3 is 1. The maximum absolute atomic E-state index is 8.69. The molecule has 1 rings (SSSR count). The van der Waals surface area contributed by atoms with Crippen molar-refractivity contribution in [3.05, 3.63) is 0 Å². The Kier molecular flexibility index (Phi) is 6.32. The summed E-state index contributed by atoms with van der Waals surface area (Å²) in [7, 11) is 1.82. The van der Waals surface area contributed by atoms with Gasteiger partial charge >= 0.3 is 0 Å². The number of rotatable bonds is 7. The molecule has 0 aromatic carbocycles. The summed E-state index contributed by atoms with van der Waals surface area (Å²) in [4.78, 5) is 2.52. The van der Waals surface area contributed by atoms with Crippen LogP contribution in [0.15, 0.2) is 0 Å². The Balaban J connectivity index is 2.12. The van der Waals surface area contributed by atoms with Crippen molar-refractivity contribution in [3.63, 3.8) is 0 Å². The lowest BCUT2D eigenvalue weighted by Gasteiger charge is -2.39. The normalized spacial score (nSPS) is 27.2. The van der Waals surface area contributed by atoms with Crippen molar-refractivity contribution in [3.8, 4) is 0 Å². The van der Waals surface area contributed by atoms with E-state index in [1.165, 1.54) is 38.8 Å². The topological polar surface area (TPSA) is 32.7 Å². The van der Waals surface area contributed by atoms with E-state index >= 15 is 0 Å². The van der Waals surface area contributed by atoms with Gasteiger partial charge in [-0.15, -0.1) is 0 Å². The van der Waals surface area contributed by atoms with E-state index in [0.717, 1.165) is 19.4 Å². The van der Waals surface area contributed by atoms with Crippen molar-refractivity contribution < 1.29 is 9.84 Å². The first-order chi connectivity index (χ1) is 7.70. The summed E-state index contributed by atoms with van der Waals surface area (Å²) in [5.41, 5.74) is 0.0728. The Morgan fingerprint density at radius 2 is 2.00 bits per heavy atom. The standard InChI is InChI=1S/C13H27NO2/c1-13(16-2)8-7-10-14(12-13)9-5-3-4-6-11-15/h15H,3-12H2,1-2H3. The van der Waals surface area contributed by atoms with E-state index < -0.39 is 0 Å². The molecular weight excluding hydrogens is 202 g/mol. The number of hydrogen-bond donors (Lipinski definition) is 1. The molecule has 1 atom stereocenters. The van der Waals surface area contributed by atoms with Crippen molar-refractivity contribution in [1.82, 2.24) is 4.90 Å². The lowest BCUT2D eigenvalue weighted by atomic mass is 9.94. The number of piperidine rings is 1. The Hall–Kier alpha value is -0.120. The largest absolute Gasteiger partial charge is 0.396 e. The molecule has 0 amide bonds. The van der Waals surface area contributed by atoms with E-state index in [2.05, 4.69) is 11.8 Å². The van der Waals surface area contributed by atoms with Crippen molar-refractivity contribution in [2.24, 2.45) is 0 Å². The summed E-state index contributed by atoms with van der Waals surface area (Å²) in [6, 6.07) is 0. The van der Waals surface area contributed by atoms with Gasteiger partial charge in [0.25, 0.3) is 0 Å². The van der Waals surface area contributed by atoms with Crippen LogP contribution in [0.1, 0.15) is 45.4 Å². The molecule has 0 radical (unpaired) electrons. The second-order valence-corrected chi connectivity index (χ2v) is 5.17. The average Bonchev–Trinajstić information content (AvgIpc) is 2.29. The van der Waals surface area contributed by atoms with Gasteiger partial charge < -0.3 is 14.7 Å². The lowest BCUT2D eigenvalue weighted by molar-refractivity contribution is -0.0508. The van der Waals surface area contributed by atoms with Crippen LogP contribution in [0, 0.1) is 0 Å². The van der Waals surface area contributed by atoms with E-state index in [4.69, 9.17) is 9.84 Å². The highest BCUT2D eigenvalue weighted by molar-refractivity contribution is 4.84. The molecule has 1 fully saturated rings. The number of aliphatic hydroxyl groups excluding tert-OH is 1. The van der Waals surface area contributed by atoms with Crippen LogP contribution in [0.5, 0.6) is 0 Å². The second-order valence-electron chi connectivity index (χ2n) is 5.17. The van der Waals surface area contributed by atoms with Gasteiger partial charge in [-0.3, -0.25) is 0 Å². The van der Waals surface area contributed by atoms with Gasteiger partial charge in [0.05, 0.1) is 5.60 Å². The van der Waals surface area contributed by atoms with E-state index in [9.17, 15) is 0 Å². The van der Waals surface area contributed by atoms with Crippen LogP contribution in [0.25, 0.3) is 0 Å². The van der Waals surface area contributed by atoms with Gasteiger partial charge in [0.2, 0.25) is 0 Å². The SMILES string of the molecule is COC1(C)CCCN(CCCCCCO)C1. The fourth-order valence-corrected chi connectivity index (χ4v) is 2.47. The van der Waals surface area contributed by atoms with Crippen molar-refractivity contribution in [1.29, 1.82) is 0 Å². The third kappa shape index (κ3) is 4.81. The molecule has 1 heterocycles. The predicted molar refractivity (Wildman–Crippen MR) is 66.6 cm³/mol. The zero-order chi connectivity index (χ0) is 11.9. The first-order valence-electron chi connectivity index (χ1n) is 6.58. The fourth-order valence-electron chi connectivity index (χ4n) is 2.47. The maximum atomic E-state index is 8.69. The number of ether oxygens (including phenoxy) is 1. The van der Waals surface area contributed by atoms with Gasteiger partial charge in [0.1, 0.15) is 0 Å². The molecule has 0 aromatic rings. The smallest absolute Gasteiger partial charge is 0.0777 e. The Morgan fingerprint density at radius 3 is 2.69 bits per heavy atom. The molecule has 96 valence electrons. The van der Waals surface area contributed by atoms with Crippen LogP contribution in [-0.4, -0.2) is 49.0 Å². The minimum atomic E-state index is 0.0728. The minimum absolute atomic E-state index is 0.0728. The van der Waals surface area contributed by atoms with Crippen LogP contribution >= 0.6 is 0 Å². The molecule has 0 bridgehead atoms. The van der Waals surface area contributed by atoms with Gasteiger partial charge in [-0.05, 0) is 45.7 Å².